The van der Waals surface area contributed by atoms with Gasteiger partial charge in [-0.05, 0) is 43.2 Å². The normalized spacial score (nSPS) is 12.2. The van der Waals surface area contributed by atoms with Crippen molar-refractivity contribution >= 4 is 21.7 Å². The predicted octanol–water partition coefficient (Wildman–Crippen LogP) is 3.72. The Balaban J connectivity index is 2.14. The Morgan fingerprint density at radius 2 is 2.12 bits per heavy atom. The molecule has 0 aliphatic rings. The predicted molar refractivity (Wildman–Crippen MR) is 72.9 cm³/mol. The van der Waals surface area contributed by atoms with Crippen LogP contribution >= 0.6 is 15.9 Å². The Morgan fingerprint density at radius 3 is 2.82 bits per heavy atom. The number of halogens is 1. The number of nitrogens with one attached hydrogen (secondary N) is 1. The van der Waals surface area contributed by atoms with Gasteiger partial charge in [-0.3, -0.25) is 0 Å². The maximum atomic E-state index is 4.05. The van der Waals surface area contributed by atoms with Crippen LogP contribution in [0.5, 0.6) is 0 Å². The summed E-state index contributed by atoms with van der Waals surface area (Å²) in [4.78, 5) is 0. The summed E-state index contributed by atoms with van der Waals surface area (Å²) in [7, 11) is 0. The second-order valence-corrected chi connectivity index (χ2v) is 4.95. The molecule has 1 atom stereocenters. The summed E-state index contributed by atoms with van der Waals surface area (Å²) in [6.45, 7) is 4.11. The summed E-state index contributed by atoms with van der Waals surface area (Å²) in [6, 6.07) is 10.4. The minimum Gasteiger partial charge on any atom is -0.362 e. The van der Waals surface area contributed by atoms with Gasteiger partial charge >= 0.3 is 0 Å². The van der Waals surface area contributed by atoms with Crippen LogP contribution in [0.1, 0.15) is 24.1 Å². The zero-order chi connectivity index (χ0) is 12.3. The Bertz CT molecular complexity index is 514. The third-order valence-corrected chi connectivity index (χ3v) is 3.00. The molecule has 1 aromatic heterocycles. The van der Waals surface area contributed by atoms with E-state index in [4.69, 9.17) is 0 Å². The summed E-state index contributed by atoms with van der Waals surface area (Å²) in [6.07, 6.45) is 1.74. The number of nitrogens with zero attached hydrogens (tertiary/aromatic N) is 2. The lowest BCUT2D eigenvalue weighted by Crippen LogP contribution is -2.08. The number of aryl methyl sites for hydroxylation is 1. The van der Waals surface area contributed by atoms with Gasteiger partial charge in [-0.2, -0.15) is 5.10 Å². The average Bonchev–Trinajstić information content (AvgIpc) is 2.29. The van der Waals surface area contributed by atoms with Crippen LogP contribution in [0.2, 0.25) is 0 Å². The fourth-order valence-electron chi connectivity index (χ4n) is 1.62. The van der Waals surface area contributed by atoms with Crippen molar-refractivity contribution in [3.63, 3.8) is 0 Å². The van der Waals surface area contributed by atoms with E-state index in [1.165, 1.54) is 5.56 Å². The molecule has 0 fully saturated rings. The first-order valence-corrected chi connectivity index (χ1v) is 6.26. The molecule has 1 aromatic carbocycles. The Hall–Kier alpha value is -1.42. The van der Waals surface area contributed by atoms with Gasteiger partial charge in [-0.1, -0.05) is 28.1 Å². The van der Waals surface area contributed by atoms with Gasteiger partial charge in [0.1, 0.15) is 5.82 Å². The summed E-state index contributed by atoms with van der Waals surface area (Å²) in [5.74, 6) is 0.803. The molecule has 0 aliphatic carbocycles. The highest BCUT2D eigenvalue weighted by atomic mass is 79.9. The van der Waals surface area contributed by atoms with Crippen molar-refractivity contribution in [2.75, 3.05) is 5.32 Å². The van der Waals surface area contributed by atoms with Crippen molar-refractivity contribution in [1.29, 1.82) is 0 Å². The molecule has 88 valence electrons. The van der Waals surface area contributed by atoms with Crippen molar-refractivity contribution < 1.29 is 0 Å². The zero-order valence-electron chi connectivity index (χ0n) is 9.81. The molecule has 0 saturated heterocycles. The molecule has 17 heavy (non-hydrogen) atoms. The van der Waals surface area contributed by atoms with Gasteiger partial charge in [0.15, 0.2) is 0 Å². The van der Waals surface area contributed by atoms with E-state index >= 15 is 0 Å². The van der Waals surface area contributed by atoms with Crippen LogP contribution in [0, 0.1) is 6.92 Å². The number of rotatable bonds is 3. The Labute approximate surface area is 109 Å². The van der Waals surface area contributed by atoms with E-state index in [1.807, 2.05) is 25.1 Å². The SMILES string of the molecule is Cc1cnnc(NC(C)c2cccc(Br)c2)c1. The van der Waals surface area contributed by atoms with E-state index in [2.05, 4.69) is 50.5 Å². The lowest BCUT2D eigenvalue weighted by molar-refractivity contribution is 0.858. The number of hydrogen-bond acceptors (Lipinski definition) is 3. The first kappa shape index (κ1) is 12.0. The van der Waals surface area contributed by atoms with E-state index in [9.17, 15) is 0 Å². The van der Waals surface area contributed by atoms with Crippen LogP contribution in [0.4, 0.5) is 5.82 Å². The van der Waals surface area contributed by atoms with Gasteiger partial charge in [0, 0.05) is 4.47 Å². The maximum absolute atomic E-state index is 4.05. The smallest absolute Gasteiger partial charge is 0.149 e. The molecule has 0 amide bonds. The first-order valence-electron chi connectivity index (χ1n) is 5.46. The molecule has 0 aliphatic heterocycles. The van der Waals surface area contributed by atoms with Gasteiger partial charge in [0.05, 0.1) is 12.2 Å². The van der Waals surface area contributed by atoms with Crippen LogP contribution in [-0.4, -0.2) is 10.2 Å². The van der Waals surface area contributed by atoms with Gasteiger partial charge in [-0.25, -0.2) is 0 Å². The van der Waals surface area contributed by atoms with Crippen molar-refractivity contribution in [3.05, 3.63) is 52.1 Å². The fraction of sp³-hybridized carbons (Fsp3) is 0.231. The number of anilines is 1. The molecule has 3 nitrogen and oxygen atoms in total. The summed E-state index contributed by atoms with van der Waals surface area (Å²) >= 11 is 3.47. The van der Waals surface area contributed by atoms with Crippen molar-refractivity contribution in [2.45, 2.75) is 19.9 Å². The van der Waals surface area contributed by atoms with Gasteiger partial charge in [0.2, 0.25) is 0 Å². The highest BCUT2D eigenvalue weighted by Crippen LogP contribution is 2.21. The van der Waals surface area contributed by atoms with Crippen LogP contribution < -0.4 is 5.32 Å². The van der Waals surface area contributed by atoms with Crippen molar-refractivity contribution in [1.82, 2.24) is 10.2 Å². The molecule has 0 saturated carbocycles. The lowest BCUT2D eigenvalue weighted by atomic mass is 10.1. The standard InChI is InChI=1S/C13H14BrN3/c1-9-6-13(17-15-8-9)16-10(2)11-4-3-5-12(14)7-11/h3-8,10H,1-2H3,(H,16,17). The second-order valence-electron chi connectivity index (χ2n) is 4.04. The van der Waals surface area contributed by atoms with Crippen LogP contribution in [-0.2, 0) is 0 Å². The first-order chi connectivity index (χ1) is 8.15. The minimum absolute atomic E-state index is 0.198. The van der Waals surface area contributed by atoms with Gasteiger partial charge in [0.25, 0.3) is 0 Å². The summed E-state index contributed by atoms with van der Waals surface area (Å²) in [5.41, 5.74) is 2.31. The number of hydrogen-bond donors (Lipinski definition) is 1. The molecule has 1 heterocycles. The third kappa shape index (κ3) is 3.27. The van der Waals surface area contributed by atoms with E-state index < -0.39 is 0 Å². The highest BCUT2D eigenvalue weighted by Gasteiger charge is 2.06. The van der Waals surface area contributed by atoms with E-state index in [0.29, 0.717) is 0 Å². The summed E-state index contributed by atoms with van der Waals surface area (Å²) in [5, 5.41) is 11.3. The molecule has 2 aromatic rings. The largest absolute Gasteiger partial charge is 0.362 e. The number of aromatic nitrogens is 2. The topological polar surface area (TPSA) is 37.8 Å². The fourth-order valence-corrected chi connectivity index (χ4v) is 2.03. The number of benzene rings is 1. The monoisotopic (exact) mass is 291 g/mol. The lowest BCUT2D eigenvalue weighted by Gasteiger charge is -2.14. The third-order valence-electron chi connectivity index (χ3n) is 2.50. The molecule has 0 bridgehead atoms. The van der Waals surface area contributed by atoms with Crippen LogP contribution in [0.15, 0.2) is 41.0 Å². The highest BCUT2D eigenvalue weighted by molar-refractivity contribution is 9.10. The Kier molecular flexibility index (Phi) is 3.74. The molecule has 4 heteroatoms. The van der Waals surface area contributed by atoms with E-state index in [0.717, 1.165) is 15.9 Å². The molecular weight excluding hydrogens is 278 g/mol. The minimum atomic E-state index is 0.198. The Morgan fingerprint density at radius 1 is 1.29 bits per heavy atom. The quantitative estimate of drug-likeness (QED) is 0.937. The average molecular weight is 292 g/mol. The van der Waals surface area contributed by atoms with E-state index in [1.54, 1.807) is 6.20 Å². The molecule has 0 spiro atoms. The zero-order valence-corrected chi connectivity index (χ0v) is 11.4. The van der Waals surface area contributed by atoms with E-state index in [-0.39, 0.29) is 6.04 Å². The maximum Gasteiger partial charge on any atom is 0.149 e. The van der Waals surface area contributed by atoms with Crippen LogP contribution in [0.3, 0.4) is 0 Å². The summed E-state index contributed by atoms with van der Waals surface area (Å²) < 4.78 is 1.08. The van der Waals surface area contributed by atoms with Gasteiger partial charge < -0.3 is 5.32 Å². The second kappa shape index (κ2) is 5.27. The molecule has 2 rings (SSSR count). The van der Waals surface area contributed by atoms with Crippen LogP contribution in [0.25, 0.3) is 0 Å². The molecule has 1 unspecified atom stereocenters. The van der Waals surface area contributed by atoms with Gasteiger partial charge in [-0.15, -0.1) is 5.10 Å². The molecule has 1 N–H and O–H groups in total. The molecular formula is C13H14BrN3. The van der Waals surface area contributed by atoms with Crippen molar-refractivity contribution in [2.24, 2.45) is 0 Å². The van der Waals surface area contributed by atoms with Crippen molar-refractivity contribution in [3.8, 4) is 0 Å². The molecule has 0 radical (unpaired) electrons.